The number of rotatable bonds is 6. The molecule has 0 bridgehead atoms. The van der Waals surface area contributed by atoms with Gasteiger partial charge >= 0.3 is 0 Å². The van der Waals surface area contributed by atoms with E-state index in [1.165, 1.54) is 0 Å². The van der Waals surface area contributed by atoms with Crippen LogP contribution in [0.1, 0.15) is 25.4 Å². The Hall–Kier alpha value is -1.31. The van der Waals surface area contributed by atoms with Crippen LogP contribution in [0.15, 0.2) is 16.5 Å². The summed E-state index contributed by atoms with van der Waals surface area (Å²) in [6.45, 7) is 6.19. The van der Waals surface area contributed by atoms with Crippen LogP contribution in [0.4, 0.5) is 0 Å². The van der Waals surface area contributed by atoms with E-state index in [2.05, 4.69) is 17.9 Å². The van der Waals surface area contributed by atoms with Crippen molar-refractivity contribution in [3.8, 4) is 6.07 Å². The molecule has 0 aliphatic rings. The van der Waals surface area contributed by atoms with Gasteiger partial charge in [0.05, 0.1) is 18.5 Å². The Kier molecular flexibility index (Phi) is 5.03. The van der Waals surface area contributed by atoms with Gasteiger partial charge in [-0.05, 0) is 25.6 Å². The van der Waals surface area contributed by atoms with Gasteiger partial charge in [-0.15, -0.1) is 0 Å². The smallest absolute Gasteiger partial charge is 0.129 e. The van der Waals surface area contributed by atoms with E-state index in [1.807, 2.05) is 13.0 Å². The van der Waals surface area contributed by atoms with E-state index in [0.29, 0.717) is 12.3 Å². The van der Waals surface area contributed by atoms with Crippen LogP contribution in [0.3, 0.4) is 0 Å². The van der Waals surface area contributed by atoms with E-state index in [1.54, 1.807) is 6.07 Å². The highest BCUT2D eigenvalue weighted by atomic mass is 16.4. The fourth-order valence-electron chi connectivity index (χ4n) is 1.55. The van der Waals surface area contributed by atoms with E-state index in [9.17, 15) is 0 Å². The first-order valence-corrected chi connectivity index (χ1v) is 5.50. The van der Waals surface area contributed by atoms with Gasteiger partial charge in [-0.2, -0.15) is 5.26 Å². The lowest BCUT2D eigenvalue weighted by Gasteiger charge is -2.19. The Morgan fingerprint density at radius 2 is 2.19 bits per heavy atom. The van der Waals surface area contributed by atoms with Gasteiger partial charge in [0.2, 0.25) is 0 Å². The van der Waals surface area contributed by atoms with Gasteiger partial charge in [0.1, 0.15) is 18.1 Å². The third kappa shape index (κ3) is 3.69. The molecule has 0 aromatic carbocycles. The molecule has 0 spiro atoms. The minimum atomic E-state index is -0.0687. The first-order valence-electron chi connectivity index (χ1n) is 5.50. The fraction of sp³-hybridized carbons (Fsp3) is 0.583. The number of aliphatic hydroxyl groups excluding tert-OH is 1. The lowest BCUT2D eigenvalue weighted by Crippen LogP contribution is -2.27. The summed E-state index contributed by atoms with van der Waals surface area (Å²) >= 11 is 0. The monoisotopic (exact) mass is 222 g/mol. The summed E-state index contributed by atoms with van der Waals surface area (Å²) in [5.74, 6) is 1.43. The van der Waals surface area contributed by atoms with Gasteiger partial charge in [0.25, 0.3) is 0 Å². The van der Waals surface area contributed by atoms with Crippen molar-refractivity contribution in [2.24, 2.45) is 5.92 Å². The second kappa shape index (κ2) is 6.31. The van der Waals surface area contributed by atoms with E-state index in [0.717, 1.165) is 18.8 Å². The van der Waals surface area contributed by atoms with Crippen LogP contribution in [0.5, 0.6) is 0 Å². The zero-order valence-corrected chi connectivity index (χ0v) is 9.81. The van der Waals surface area contributed by atoms with Gasteiger partial charge in [0, 0.05) is 6.54 Å². The number of hydrogen-bond acceptors (Lipinski definition) is 4. The molecule has 0 saturated heterocycles. The number of nitriles is 1. The third-order valence-electron chi connectivity index (χ3n) is 2.45. The molecule has 0 aliphatic heterocycles. The van der Waals surface area contributed by atoms with Gasteiger partial charge < -0.3 is 9.52 Å². The molecule has 1 rings (SSSR count). The highest BCUT2D eigenvalue weighted by Crippen LogP contribution is 2.11. The maximum Gasteiger partial charge on any atom is 0.129 e. The Morgan fingerprint density at radius 3 is 2.69 bits per heavy atom. The molecule has 4 heteroatoms. The largest absolute Gasteiger partial charge is 0.462 e. The molecule has 0 aliphatic carbocycles. The quantitative estimate of drug-likeness (QED) is 0.796. The van der Waals surface area contributed by atoms with Crippen molar-refractivity contribution in [2.75, 3.05) is 13.1 Å². The molecule has 1 heterocycles. The molecule has 0 fully saturated rings. The van der Waals surface area contributed by atoms with E-state index < -0.39 is 0 Å². The summed E-state index contributed by atoms with van der Waals surface area (Å²) in [4.78, 5) is 2.15. The maximum absolute atomic E-state index is 8.88. The average molecular weight is 222 g/mol. The molecule has 88 valence electrons. The average Bonchev–Trinajstić information content (AvgIpc) is 2.75. The zero-order valence-electron chi connectivity index (χ0n) is 9.81. The van der Waals surface area contributed by atoms with Crippen molar-refractivity contribution < 1.29 is 9.52 Å². The van der Waals surface area contributed by atoms with Gasteiger partial charge in [0.15, 0.2) is 0 Å². The molecule has 1 aromatic rings. The van der Waals surface area contributed by atoms with E-state index in [4.69, 9.17) is 14.8 Å². The number of nitrogens with zero attached hydrogens (tertiary/aromatic N) is 2. The SMILES string of the molecule is CCN(Cc1ccc(CO)o1)CC(C)C#N. The topological polar surface area (TPSA) is 60.4 Å². The van der Waals surface area contributed by atoms with Crippen molar-refractivity contribution in [1.82, 2.24) is 4.90 Å². The van der Waals surface area contributed by atoms with Gasteiger partial charge in [-0.1, -0.05) is 6.92 Å². The summed E-state index contributed by atoms with van der Waals surface area (Å²) in [5.41, 5.74) is 0. The van der Waals surface area contributed by atoms with Crippen LogP contribution in [0, 0.1) is 17.2 Å². The number of hydrogen-bond donors (Lipinski definition) is 1. The van der Waals surface area contributed by atoms with Crippen LogP contribution in [0.25, 0.3) is 0 Å². The maximum atomic E-state index is 8.88. The van der Waals surface area contributed by atoms with Gasteiger partial charge in [-0.3, -0.25) is 4.90 Å². The fourth-order valence-corrected chi connectivity index (χ4v) is 1.55. The van der Waals surface area contributed by atoms with Crippen molar-refractivity contribution in [3.05, 3.63) is 23.7 Å². The van der Waals surface area contributed by atoms with Crippen LogP contribution in [-0.4, -0.2) is 23.1 Å². The molecule has 1 aromatic heterocycles. The standard InChI is InChI=1S/C12H18N2O2/c1-3-14(7-10(2)6-13)8-11-4-5-12(9-15)16-11/h4-5,10,15H,3,7-9H2,1-2H3. The predicted molar refractivity (Wildman–Crippen MR) is 60.4 cm³/mol. The molecule has 0 radical (unpaired) electrons. The highest BCUT2D eigenvalue weighted by Gasteiger charge is 2.10. The van der Waals surface area contributed by atoms with Crippen LogP contribution < -0.4 is 0 Å². The van der Waals surface area contributed by atoms with Crippen molar-refractivity contribution in [1.29, 1.82) is 5.26 Å². The first kappa shape index (κ1) is 12.8. The second-order valence-electron chi connectivity index (χ2n) is 3.88. The zero-order chi connectivity index (χ0) is 12.0. The van der Waals surface area contributed by atoms with Crippen LogP contribution in [-0.2, 0) is 13.2 Å². The molecule has 4 nitrogen and oxygen atoms in total. The van der Waals surface area contributed by atoms with Crippen LogP contribution >= 0.6 is 0 Å². The Balaban J connectivity index is 2.53. The molecule has 0 saturated carbocycles. The van der Waals surface area contributed by atoms with Crippen molar-refractivity contribution in [2.45, 2.75) is 27.0 Å². The van der Waals surface area contributed by atoms with Crippen molar-refractivity contribution in [3.63, 3.8) is 0 Å². The summed E-state index contributed by atoms with van der Waals surface area (Å²) in [6, 6.07) is 5.86. The Labute approximate surface area is 96.1 Å². The van der Waals surface area contributed by atoms with Crippen LogP contribution in [0.2, 0.25) is 0 Å². The molecule has 1 unspecified atom stereocenters. The number of aliphatic hydroxyl groups is 1. The molecule has 0 amide bonds. The normalized spacial score (nSPS) is 12.7. The van der Waals surface area contributed by atoms with E-state index in [-0.39, 0.29) is 12.5 Å². The lowest BCUT2D eigenvalue weighted by atomic mass is 10.2. The molecule has 16 heavy (non-hydrogen) atoms. The molecule has 1 atom stereocenters. The number of furan rings is 1. The molecular formula is C12H18N2O2. The Bertz CT molecular complexity index is 354. The minimum absolute atomic E-state index is 0.0206. The van der Waals surface area contributed by atoms with E-state index >= 15 is 0 Å². The highest BCUT2D eigenvalue weighted by molar-refractivity contribution is 5.06. The minimum Gasteiger partial charge on any atom is -0.462 e. The molecular weight excluding hydrogens is 204 g/mol. The molecule has 1 N–H and O–H groups in total. The summed E-state index contributed by atoms with van der Waals surface area (Å²) in [5, 5.41) is 17.6. The Morgan fingerprint density at radius 1 is 1.50 bits per heavy atom. The van der Waals surface area contributed by atoms with Crippen molar-refractivity contribution >= 4 is 0 Å². The second-order valence-corrected chi connectivity index (χ2v) is 3.88. The summed E-state index contributed by atoms with van der Waals surface area (Å²) in [6.07, 6.45) is 0. The summed E-state index contributed by atoms with van der Waals surface area (Å²) in [7, 11) is 0. The third-order valence-corrected chi connectivity index (χ3v) is 2.45. The lowest BCUT2D eigenvalue weighted by molar-refractivity contribution is 0.216. The van der Waals surface area contributed by atoms with Gasteiger partial charge in [-0.25, -0.2) is 0 Å². The predicted octanol–water partition coefficient (Wildman–Crippen LogP) is 1.75. The first-order chi connectivity index (χ1) is 7.69. The summed E-state index contributed by atoms with van der Waals surface area (Å²) < 4.78 is 5.41.